The summed E-state index contributed by atoms with van der Waals surface area (Å²) in [5, 5.41) is 3.43. The summed E-state index contributed by atoms with van der Waals surface area (Å²) in [6.07, 6.45) is 5.23. The lowest BCUT2D eigenvalue weighted by Crippen LogP contribution is -2.28. The summed E-state index contributed by atoms with van der Waals surface area (Å²) in [7, 11) is 0. The Hall–Kier alpha value is -2.95. The van der Waals surface area contributed by atoms with Gasteiger partial charge in [0.1, 0.15) is 5.82 Å². The maximum Gasteiger partial charge on any atom is 0.232 e. The molecule has 5 nitrogen and oxygen atoms in total. The average Bonchev–Trinajstić information content (AvgIpc) is 2.79. The van der Waals surface area contributed by atoms with E-state index in [0.29, 0.717) is 12.4 Å². The van der Waals surface area contributed by atoms with Gasteiger partial charge in [-0.15, -0.1) is 0 Å². The smallest absolute Gasteiger partial charge is 0.232 e. The zero-order valence-corrected chi connectivity index (χ0v) is 20.9. The van der Waals surface area contributed by atoms with Crippen LogP contribution in [0.5, 0.6) is 0 Å². The third kappa shape index (κ3) is 7.55. The van der Waals surface area contributed by atoms with Gasteiger partial charge in [0.15, 0.2) is 0 Å². The van der Waals surface area contributed by atoms with Gasteiger partial charge in [-0.2, -0.15) is 15.0 Å². The number of unbranched alkanes of at least 4 members (excludes halogenated alkanes) is 2. The van der Waals surface area contributed by atoms with Crippen molar-refractivity contribution in [3.63, 3.8) is 0 Å². The predicted octanol–water partition coefficient (Wildman–Crippen LogP) is 6.91. The maximum absolute atomic E-state index is 4.89. The van der Waals surface area contributed by atoms with Crippen molar-refractivity contribution in [1.82, 2.24) is 15.0 Å². The number of nitrogens with one attached hydrogen (secondary N) is 1. The number of nitrogens with zero attached hydrogens (tertiary/aromatic N) is 4. The Morgan fingerprint density at radius 2 is 1.42 bits per heavy atom. The van der Waals surface area contributed by atoms with Crippen LogP contribution in [0.4, 0.5) is 17.6 Å². The van der Waals surface area contributed by atoms with E-state index in [-0.39, 0.29) is 5.41 Å². The number of aromatic nitrogens is 3. The van der Waals surface area contributed by atoms with Gasteiger partial charge >= 0.3 is 0 Å². The lowest BCUT2D eigenvalue weighted by atomic mass is 9.87. The van der Waals surface area contributed by atoms with Gasteiger partial charge in [-0.3, -0.25) is 0 Å². The Labute approximate surface area is 199 Å². The summed E-state index contributed by atoms with van der Waals surface area (Å²) in [6.45, 7) is 13.1. The monoisotopic (exact) mass is 445 g/mol. The Morgan fingerprint density at radius 1 is 0.788 bits per heavy atom. The fourth-order valence-corrected chi connectivity index (χ4v) is 3.65. The summed E-state index contributed by atoms with van der Waals surface area (Å²) in [5.74, 6) is 2.16. The molecule has 1 N–H and O–H groups in total. The molecule has 0 unspecified atom stereocenters. The van der Waals surface area contributed by atoms with Crippen LogP contribution in [0.25, 0.3) is 0 Å². The molecule has 33 heavy (non-hydrogen) atoms. The van der Waals surface area contributed by atoms with Gasteiger partial charge in [0.2, 0.25) is 11.9 Å². The summed E-state index contributed by atoms with van der Waals surface area (Å²) >= 11 is 0. The van der Waals surface area contributed by atoms with Crippen LogP contribution in [0.15, 0.2) is 54.6 Å². The van der Waals surface area contributed by atoms with Crippen LogP contribution >= 0.6 is 0 Å². The summed E-state index contributed by atoms with van der Waals surface area (Å²) in [4.78, 5) is 16.8. The van der Waals surface area contributed by atoms with E-state index in [1.807, 2.05) is 6.07 Å². The first-order valence-corrected chi connectivity index (χ1v) is 12.3. The molecule has 0 fully saturated rings. The zero-order valence-electron chi connectivity index (χ0n) is 20.9. The van der Waals surface area contributed by atoms with E-state index in [9.17, 15) is 0 Å². The van der Waals surface area contributed by atoms with Crippen LogP contribution in [0, 0.1) is 0 Å². The van der Waals surface area contributed by atoms with Crippen molar-refractivity contribution in [3.8, 4) is 0 Å². The predicted molar refractivity (Wildman–Crippen MR) is 140 cm³/mol. The van der Waals surface area contributed by atoms with E-state index in [2.05, 4.69) is 93.4 Å². The topological polar surface area (TPSA) is 53.9 Å². The van der Waals surface area contributed by atoms with E-state index in [0.717, 1.165) is 56.2 Å². The molecule has 5 heteroatoms. The molecule has 0 bridgehead atoms. The van der Waals surface area contributed by atoms with Crippen molar-refractivity contribution >= 4 is 17.6 Å². The van der Waals surface area contributed by atoms with Gasteiger partial charge in [-0.05, 0) is 41.5 Å². The summed E-state index contributed by atoms with van der Waals surface area (Å²) in [6, 6.07) is 18.9. The van der Waals surface area contributed by atoms with Crippen LogP contribution in [0.1, 0.15) is 77.3 Å². The van der Waals surface area contributed by atoms with Crippen molar-refractivity contribution in [1.29, 1.82) is 0 Å². The fourth-order valence-electron chi connectivity index (χ4n) is 3.65. The summed E-state index contributed by atoms with van der Waals surface area (Å²) in [5.41, 5.74) is 3.61. The van der Waals surface area contributed by atoms with Gasteiger partial charge < -0.3 is 10.2 Å². The van der Waals surface area contributed by atoms with Crippen molar-refractivity contribution in [3.05, 3.63) is 71.5 Å². The molecule has 0 saturated heterocycles. The molecule has 0 aliphatic heterocycles. The van der Waals surface area contributed by atoms with Crippen molar-refractivity contribution in [2.24, 2.45) is 0 Å². The van der Waals surface area contributed by atoms with Crippen LogP contribution < -0.4 is 10.2 Å². The molecule has 0 aliphatic rings. The maximum atomic E-state index is 4.89. The highest BCUT2D eigenvalue weighted by atomic mass is 15.3. The number of hydrogen-bond donors (Lipinski definition) is 1. The van der Waals surface area contributed by atoms with E-state index in [1.165, 1.54) is 11.1 Å². The highest BCUT2D eigenvalue weighted by molar-refractivity contribution is 5.55. The van der Waals surface area contributed by atoms with Gasteiger partial charge in [0, 0.05) is 25.2 Å². The quantitative estimate of drug-likeness (QED) is 0.347. The Kier molecular flexibility index (Phi) is 8.81. The van der Waals surface area contributed by atoms with Gasteiger partial charge in [-0.1, -0.05) is 89.9 Å². The van der Waals surface area contributed by atoms with E-state index in [1.54, 1.807) is 0 Å². The minimum Gasteiger partial charge on any atom is -0.341 e. The van der Waals surface area contributed by atoms with Gasteiger partial charge in [0.25, 0.3) is 0 Å². The largest absolute Gasteiger partial charge is 0.341 e. The van der Waals surface area contributed by atoms with Crippen molar-refractivity contribution < 1.29 is 0 Å². The highest BCUT2D eigenvalue weighted by Crippen LogP contribution is 2.25. The Balaban J connectivity index is 1.91. The van der Waals surface area contributed by atoms with Crippen LogP contribution in [0.3, 0.4) is 0 Å². The fraction of sp³-hybridized carbons (Fsp3) is 0.464. The first kappa shape index (κ1) is 24.7. The number of hydrogen-bond acceptors (Lipinski definition) is 5. The molecule has 1 aromatic heterocycles. The SMILES string of the molecule is CCCCN(CCCC)c1nc(Cc2ccccc2)nc(Nc2ccc(C(C)(C)C)cc2)n1. The number of anilines is 3. The highest BCUT2D eigenvalue weighted by Gasteiger charge is 2.15. The molecular formula is C28H39N5. The minimum absolute atomic E-state index is 0.126. The zero-order chi connectivity index (χ0) is 23.7. The molecule has 3 aromatic rings. The third-order valence-electron chi connectivity index (χ3n) is 5.73. The van der Waals surface area contributed by atoms with Crippen molar-refractivity contribution in [2.45, 2.75) is 72.1 Å². The Morgan fingerprint density at radius 3 is 2.00 bits per heavy atom. The van der Waals surface area contributed by atoms with E-state index < -0.39 is 0 Å². The molecule has 2 aromatic carbocycles. The number of benzene rings is 2. The molecule has 176 valence electrons. The Bertz CT molecular complexity index is 969. The molecule has 1 heterocycles. The normalized spacial score (nSPS) is 11.4. The molecule has 0 saturated carbocycles. The lowest BCUT2D eigenvalue weighted by Gasteiger charge is -2.23. The van der Waals surface area contributed by atoms with Crippen molar-refractivity contribution in [2.75, 3.05) is 23.3 Å². The van der Waals surface area contributed by atoms with Crippen LogP contribution in [0.2, 0.25) is 0 Å². The standard InChI is InChI=1S/C28H39N5/c1-6-8-19-33(20-9-7-2)27-31-25(21-22-13-11-10-12-14-22)30-26(32-27)29-24-17-15-23(16-18-24)28(3,4)5/h10-18H,6-9,19-21H2,1-5H3,(H,29,30,31,32). The van der Waals surface area contributed by atoms with E-state index >= 15 is 0 Å². The van der Waals surface area contributed by atoms with Crippen LogP contribution in [-0.4, -0.2) is 28.0 Å². The molecule has 3 rings (SSSR count). The van der Waals surface area contributed by atoms with Crippen LogP contribution in [-0.2, 0) is 11.8 Å². The first-order valence-electron chi connectivity index (χ1n) is 12.3. The molecular weight excluding hydrogens is 406 g/mol. The molecule has 0 radical (unpaired) electrons. The average molecular weight is 446 g/mol. The minimum atomic E-state index is 0.126. The molecule has 0 amide bonds. The van der Waals surface area contributed by atoms with E-state index in [4.69, 9.17) is 15.0 Å². The molecule has 0 aliphatic carbocycles. The van der Waals surface area contributed by atoms with Gasteiger partial charge in [0.05, 0.1) is 0 Å². The molecule has 0 atom stereocenters. The first-order chi connectivity index (χ1) is 15.9. The second-order valence-corrected chi connectivity index (χ2v) is 9.68. The number of rotatable bonds is 11. The van der Waals surface area contributed by atoms with Gasteiger partial charge in [-0.25, -0.2) is 0 Å². The summed E-state index contributed by atoms with van der Waals surface area (Å²) < 4.78 is 0. The second-order valence-electron chi connectivity index (χ2n) is 9.68. The molecule has 0 spiro atoms. The lowest BCUT2D eigenvalue weighted by molar-refractivity contribution is 0.590. The second kappa shape index (κ2) is 11.8. The third-order valence-corrected chi connectivity index (χ3v) is 5.73.